The first-order valence-corrected chi connectivity index (χ1v) is 5.63. The first-order valence-electron chi connectivity index (χ1n) is 5.22. The van der Waals surface area contributed by atoms with Gasteiger partial charge in [-0.1, -0.05) is 12.2 Å². The Labute approximate surface area is 85.9 Å². The van der Waals surface area contributed by atoms with E-state index in [1.807, 2.05) is 0 Å². The molecule has 1 atom stereocenters. The SMILES string of the molecule is CN1CCN(C2CCCC2=S)CC1. The molecule has 0 bridgehead atoms. The van der Waals surface area contributed by atoms with E-state index >= 15 is 0 Å². The van der Waals surface area contributed by atoms with Crippen LogP contribution in [0, 0.1) is 0 Å². The van der Waals surface area contributed by atoms with Crippen LogP contribution in [0.3, 0.4) is 0 Å². The van der Waals surface area contributed by atoms with Gasteiger partial charge < -0.3 is 4.90 Å². The minimum absolute atomic E-state index is 0.642. The maximum atomic E-state index is 5.40. The van der Waals surface area contributed by atoms with E-state index < -0.39 is 0 Å². The molecule has 1 saturated heterocycles. The number of nitrogens with zero attached hydrogens (tertiary/aromatic N) is 2. The van der Waals surface area contributed by atoms with Crippen LogP contribution in [0.15, 0.2) is 0 Å². The van der Waals surface area contributed by atoms with Gasteiger partial charge in [-0.25, -0.2) is 0 Å². The summed E-state index contributed by atoms with van der Waals surface area (Å²) in [7, 11) is 2.20. The molecule has 2 nitrogen and oxygen atoms in total. The second-order valence-electron chi connectivity index (χ2n) is 4.21. The quantitative estimate of drug-likeness (QED) is 0.584. The fraction of sp³-hybridized carbons (Fsp3) is 0.900. The van der Waals surface area contributed by atoms with Crippen molar-refractivity contribution in [3.05, 3.63) is 0 Å². The van der Waals surface area contributed by atoms with E-state index in [0.717, 1.165) is 0 Å². The van der Waals surface area contributed by atoms with E-state index in [2.05, 4.69) is 16.8 Å². The van der Waals surface area contributed by atoms with Gasteiger partial charge in [0.2, 0.25) is 0 Å². The zero-order chi connectivity index (χ0) is 9.26. The second-order valence-corrected chi connectivity index (χ2v) is 4.74. The molecule has 1 aliphatic carbocycles. The molecule has 0 radical (unpaired) electrons. The lowest BCUT2D eigenvalue weighted by atomic mass is 10.2. The molecular formula is C10H18N2S. The minimum atomic E-state index is 0.642. The number of hydrogen-bond donors (Lipinski definition) is 0. The first kappa shape index (κ1) is 9.56. The molecule has 0 spiro atoms. The maximum Gasteiger partial charge on any atom is 0.0412 e. The summed E-state index contributed by atoms with van der Waals surface area (Å²) in [4.78, 5) is 6.29. The smallest absolute Gasteiger partial charge is 0.0412 e. The molecule has 0 aromatic heterocycles. The molecule has 1 saturated carbocycles. The van der Waals surface area contributed by atoms with E-state index in [0.29, 0.717) is 6.04 Å². The Morgan fingerprint density at radius 2 is 1.92 bits per heavy atom. The molecule has 2 fully saturated rings. The topological polar surface area (TPSA) is 6.48 Å². The highest BCUT2D eigenvalue weighted by Crippen LogP contribution is 2.22. The number of piperazine rings is 1. The average molecular weight is 198 g/mol. The predicted molar refractivity (Wildman–Crippen MR) is 59.3 cm³/mol. The van der Waals surface area contributed by atoms with Gasteiger partial charge in [0, 0.05) is 37.1 Å². The van der Waals surface area contributed by atoms with E-state index in [1.165, 1.54) is 50.3 Å². The van der Waals surface area contributed by atoms with Crippen LogP contribution in [-0.2, 0) is 0 Å². The number of rotatable bonds is 1. The summed E-state index contributed by atoms with van der Waals surface area (Å²) in [5.74, 6) is 0. The molecule has 2 rings (SSSR count). The summed E-state index contributed by atoms with van der Waals surface area (Å²) >= 11 is 5.40. The van der Waals surface area contributed by atoms with E-state index in [-0.39, 0.29) is 0 Å². The van der Waals surface area contributed by atoms with Crippen molar-refractivity contribution >= 4 is 17.1 Å². The van der Waals surface area contributed by atoms with Crippen LogP contribution in [0.4, 0.5) is 0 Å². The van der Waals surface area contributed by atoms with Crippen molar-refractivity contribution in [2.24, 2.45) is 0 Å². The molecule has 0 aromatic carbocycles. The first-order chi connectivity index (χ1) is 6.27. The van der Waals surface area contributed by atoms with Crippen molar-refractivity contribution in [2.45, 2.75) is 25.3 Å². The molecular weight excluding hydrogens is 180 g/mol. The highest BCUT2D eigenvalue weighted by molar-refractivity contribution is 7.80. The molecule has 74 valence electrons. The molecule has 1 aliphatic heterocycles. The van der Waals surface area contributed by atoms with Crippen molar-refractivity contribution in [3.63, 3.8) is 0 Å². The standard InChI is InChI=1S/C10H18N2S/c1-11-5-7-12(8-6-11)9-3-2-4-10(9)13/h9H,2-8H2,1H3. The Morgan fingerprint density at radius 1 is 1.23 bits per heavy atom. The van der Waals surface area contributed by atoms with Gasteiger partial charge in [-0.05, 0) is 26.3 Å². The zero-order valence-electron chi connectivity index (χ0n) is 8.33. The summed E-state index contributed by atoms with van der Waals surface area (Å²) < 4.78 is 0. The molecule has 1 heterocycles. The molecule has 0 aromatic rings. The van der Waals surface area contributed by atoms with Crippen LogP contribution >= 0.6 is 12.2 Å². The zero-order valence-corrected chi connectivity index (χ0v) is 9.15. The third kappa shape index (κ3) is 2.09. The third-order valence-electron chi connectivity index (χ3n) is 3.25. The van der Waals surface area contributed by atoms with Gasteiger partial charge in [-0.2, -0.15) is 0 Å². The molecule has 0 amide bonds. The van der Waals surface area contributed by atoms with Crippen LogP contribution in [-0.4, -0.2) is 53.9 Å². The average Bonchev–Trinajstić information content (AvgIpc) is 2.53. The van der Waals surface area contributed by atoms with Crippen molar-refractivity contribution in [2.75, 3.05) is 33.2 Å². The highest BCUT2D eigenvalue weighted by Gasteiger charge is 2.28. The lowest BCUT2D eigenvalue weighted by Crippen LogP contribution is -2.49. The summed E-state index contributed by atoms with van der Waals surface area (Å²) in [6.45, 7) is 4.83. The Kier molecular flexibility index (Phi) is 2.96. The Balaban J connectivity index is 1.90. The van der Waals surface area contributed by atoms with E-state index in [4.69, 9.17) is 12.2 Å². The lowest BCUT2D eigenvalue weighted by Gasteiger charge is -2.36. The molecule has 2 aliphatic rings. The van der Waals surface area contributed by atoms with Gasteiger partial charge in [0.15, 0.2) is 0 Å². The predicted octanol–water partition coefficient (Wildman–Crippen LogP) is 1.16. The number of likely N-dealkylation sites (N-methyl/N-ethyl adjacent to an activating group) is 1. The monoisotopic (exact) mass is 198 g/mol. The second kappa shape index (κ2) is 4.03. The van der Waals surface area contributed by atoms with Gasteiger partial charge in [0.25, 0.3) is 0 Å². The summed E-state index contributed by atoms with van der Waals surface area (Å²) in [5, 5.41) is 0. The number of hydrogen-bond acceptors (Lipinski definition) is 3. The van der Waals surface area contributed by atoms with Crippen molar-refractivity contribution < 1.29 is 0 Å². The van der Waals surface area contributed by atoms with Gasteiger partial charge in [-0.15, -0.1) is 0 Å². The van der Waals surface area contributed by atoms with Crippen molar-refractivity contribution in [1.82, 2.24) is 9.80 Å². The summed E-state index contributed by atoms with van der Waals surface area (Å²) in [5.41, 5.74) is 0. The largest absolute Gasteiger partial charge is 0.304 e. The third-order valence-corrected chi connectivity index (χ3v) is 3.73. The Bertz CT molecular complexity index is 197. The van der Waals surface area contributed by atoms with Crippen LogP contribution < -0.4 is 0 Å². The van der Waals surface area contributed by atoms with Gasteiger partial charge in [0.05, 0.1) is 0 Å². The van der Waals surface area contributed by atoms with Crippen LogP contribution in [0.2, 0.25) is 0 Å². The molecule has 3 heteroatoms. The maximum absolute atomic E-state index is 5.40. The fourth-order valence-corrected chi connectivity index (χ4v) is 2.73. The van der Waals surface area contributed by atoms with Gasteiger partial charge in [-0.3, -0.25) is 4.90 Å². The number of thiocarbonyl (C=S) groups is 1. The fourth-order valence-electron chi connectivity index (χ4n) is 2.32. The molecule has 13 heavy (non-hydrogen) atoms. The normalized spacial score (nSPS) is 32.7. The minimum Gasteiger partial charge on any atom is -0.304 e. The summed E-state index contributed by atoms with van der Waals surface area (Å²) in [6.07, 6.45) is 3.81. The van der Waals surface area contributed by atoms with E-state index in [9.17, 15) is 0 Å². The van der Waals surface area contributed by atoms with Crippen LogP contribution in [0.5, 0.6) is 0 Å². The van der Waals surface area contributed by atoms with Crippen molar-refractivity contribution in [3.8, 4) is 0 Å². The van der Waals surface area contributed by atoms with Gasteiger partial charge in [0.1, 0.15) is 0 Å². The molecule has 0 N–H and O–H groups in total. The highest BCUT2D eigenvalue weighted by atomic mass is 32.1. The van der Waals surface area contributed by atoms with E-state index in [1.54, 1.807) is 0 Å². The lowest BCUT2D eigenvalue weighted by molar-refractivity contribution is 0.137. The van der Waals surface area contributed by atoms with Crippen LogP contribution in [0.1, 0.15) is 19.3 Å². The van der Waals surface area contributed by atoms with Gasteiger partial charge >= 0.3 is 0 Å². The van der Waals surface area contributed by atoms with Crippen molar-refractivity contribution in [1.29, 1.82) is 0 Å². The molecule has 1 unspecified atom stereocenters. The summed E-state index contributed by atoms with van der Waals surface area (Å²) in [6, 6.07) is 0.642. The van der Waals surface area contributed by atoms with Crippen LogP contribution in [0.25, 0.3) is 0 Å². The Hall–Kier alpha value is 0.01000. The Morgan fingerprint density at radius 3 is 2.46 bits per heavy atom.